The maximum absolute atomic E-state index is 12.9. The van der Waals surface area contributed by atoms with E-state index in [9.17, 15) is 14.4 Å². The van der Waals surface area contributed by atoms with Gasteiger partial charge in [-0.15, -0.1) is 0 Å². The molecule has 0 amide bonds. The van der Waals surface area contributed by atoms with Crippen LogP contribution in [0.2, 0.25) is 0 Å². The van der Waals surface area contributed by atoms with E-state index >= 15 is 0 Å². The van der Waals surface area contributed by atoms with Crippen molar-refractivity contribution < 1.29 is 23.7 Å². The van der Waals surface area contributed by atoms with Gasteiger partial charge in [-0.3, -0.25) is 14.8 Å². The molecule has 10 nitrogen and oxygen atoms in total. The van der Waals surface area contributed by atoms with Crippen molar-refractivity contribution in [3.05, 3.63) is 68.0 Å². The van der Waals surface area contributed by atoms with Crippen molar-refractivity contribution in [1.82, 2.24) is 9.97 Å². The third-order valence-electron chi connectivity index (χ3n) is 4.85. The van der Waals surface area contributed by atoms with E-state index in [0.29, 0.717) is 28.5 Å². The molecule has 0 saturated carbocycles. The number of anilines is 1. The molecule has 0 unspecified atom stereocenters. The zero-order valence-corrected chi connectivity index (χ0v) is 17.6. The predicted molar refractivity (Wildman–Crippen MR) is 113 cm³/mol. The van der Waals surface area contributed by atoms with Crippen LogP contribution in [0.3, 0.4) is 0 Å². The fraction of sp³-hybridized carbons (Fsp3) is 0.286. The fourth-order valence-electron chi connectivity index (χ4n) is 3.57. The number of carbonyl (C=O) groups excluding carboxylic acids is 1. The van der Waals surface area contributed by atoms with Crippen LogP contribution in [-0.2, 0) is 9.53 Å². The van der Waals surface area contributed by atoms with Gasteiger partial charge in [-0.2, -0.15) is 0 Å². The molecule has 10 heteroatoms. The average Bonchev–Trinajstić information content (AvgIpc) is 2.74. The lowest BCUT2D eigenvalue weighted by molar-refractivity contribution is -0.138. The summed E-state index contributed by atoms with van der Waals surface area (Å²) in [5.74, 6) is -0.300. The summed E-state index contributed by atoms with van der Waals surface area (Å²) in [5.41, 5.74) is -0.0654. The van der Waals surface area contributed by atoms with Crippen LogP contribution in [0.25, 0.3) is 0 Å². The van der Waals surface area contributed by atoms with E-state index in [1.165, 1.54) is 27.4 Å². The van der Waals surface area contributed by atoms with E-state index in [-0.39, 0.29) is 23.6 Å². The van der Waals surface area contributed by atoms with E-state index in [1.54, 1.807) is 19.1 Å². The van der Waals surface area contributed by atoms with Crippen LogP contribution in [-0.4, -0.2) is 43.9 Å². The average molecular weight is 429 g/mol. The second kappa shape index (κ2) is 8.82. The van der Waals surface area contributed by atoms with Gasteiger partial charge in [0.1, 0.15) is 12.4 Å². The second-order valence-corrected chi connectivity index (χ2v) is 6.64. The third-order valence-corrected chi connectivity index (χ3v) is 4.85. The molecule has 1 atom stereocenters. The summed E-state index contributed by atoms with van der Waals surface area (Å²) in [6, 6.07) is 3.28. The Hall–Kier alpha value is -3.95. The molecule has 1 aliphatic rings. The minimum atomic E-state index is -0.886. The standard InChI is InChI=1S/C21H23N3O7/c1-6-7-31-20(26)14-10(2)22-18-16(19(25)24-21(27)23-18)15(14)11-8-12(28-3)17(30-5)13(9-11)29-4/h6,8-9,15H,1,7H2,2-5H3,(H3,22,23,24,25,27)/t15-/m0/s1. The number of benzene rings is 1. The molecule has 1 aromatic heterocycles. The molecule has 3 N–H and O–H groups in total. The summed E-state index contributed by atoms with van der Waals surface area (Å²) in [7, 11) is 4.39. The fourth-order valence-corrected chi connectivity index (χ4v) is 3.57. The summed E-state index contributed by atoms with van der Waals surface area (Å²) in [5, 5.41) is 2.92. The van der Waals surface area contributed by atoms with E-state index in [0.717, 1.165) is 0 Å². The molecular formula is C21H23N3O7. The number of hydrogen-bond acceptors (Lipinski definition) is 8. The number of allylic oxidation sites excluding steroid dienone is 1. The molecule has 0 fully saturated rings. The van der Waals surface area contributed by atoms with Crippen molar-refractivity contribution in [1.29, 1.82) is 0 Å². The van der Waals surface area contributed by atoms with Crippen LogP contribution >= 0.6 is 0 Å². The van der Waals surface area contributed by atoms with Gasteiger partial charge < -0.3 is 24.3 Å². The van der Waals surface area contributed by atoms with Crippen LogP contribution in [0.4, 0.5) is 5.82 Å². The SMILES string of the molecule is C=CCOC(=O)C1=C(C)Nc2[nH]c(=O)[nH]c(=O)c2[C@H]1c1cc(OC)c(OC)c(OC)c1. The maximum atomic E-state index is 12.9. The smallest absolute Gasteiger partial charge is 0.337 e. The number of ether oxygens (including phenoxy) is 4. The van der Waals surface area contributed by atoms with E-state index in [2.05, 4.69) is 21.9 Å². The number of esters is 1. The van der Waals surface area contributed by atoms with Gasteiger partial charge in [0.05, 0.1) is 38.4 Å². The van der Waals surface area contributed by atoms with Gasteiger partial charge in [-0.1, -0.05) is 12.7 Å². The van der Waals surface area contributed by atoms with E-state index in [4.69, 9.17) is 18.9 Å². The lowest BCUT2D eigenvalue weighted by Crippen LogP contribution is -2.35. The quantitative estimate of drug-likeness (QED) is 0.447. The summed E-state index contributed by atoms with van der Waals surface area (Å²) in [6.07, 6.45) is 1.44. The number of methoxy groups -OCH3 is 3. The van der Waals surface area contributed by atoms with Crippen LogP contribution in [0, 0.1) is 0 Å². The Morgan fingerprint density at radius 1 is 1.10 bits per heavy atom. The number of nitrogens with one attached hydrogen (secondary N) is 3. The minimum Gasteiger partial charge on any atom is -0.493 e. The first-order valence-electron chi connectivity index (χ1n) is 9.28. The first kappa shape index (κ1) is 21.8. The molecule has 2 aromatic rings. The lowest BCUT2D eigenvalue weighted by atomic mass is 9.82. The molecule has 1 aliphatic heterocycles. The van der Waals surface area contributed by atoms with Crippen molar-refractivity contribution in [2.45, 2.75) is 12.8 Å². The highest BCUT2D eigenvalue weighted by atomic mass is 16.5. The normalized spacial score (nSPS) is 14.9. The molecule has 0 saturated heterocycles. The first-order valence-corrected chi connectivity index (χ1v) is 9.28. The number of H-pyrrole nitrogens is 2. The highest BCUT2D eigenvalue weighted by Crippen LogP contribution is 2.45. The molecule has 2 heterocycles. The van der Waals surface area contributed by atoms with Crippen molar-refractivity contribution in [2.24, 2.45) is 0 Å². The zero-order valence-electron chi connectivity index (χ0n) is 17.6. The van der Waals surface area contributed by atoms with Gasteiger partial charge in [0.25, 0.3) is 5.56 Å². The van der Waals surface area contributed by atoms with Gasteiger partial charge in [0, 0.05) is 5.70 Å². The van der Waals surface area contributed by atoms with Crippen molar-refractivity contribution >= 4 is 11.8 Å². The largest absolute Gasteiger partial charge is 0.493 e. The summed E-state index contributed by atoms with van der Waals surface area (Å²) < 4.78 is 21.5. The Balaban J connectivity index is 2.33. The number of carbonyl (C=O) groups is 1. The van der Waals surface area contributed by atoms with Crippen molar-refractivity contribution in [2.75, 3.05) is 33.3 Å². The third kappa shape index (κ3) is 3.91. The van der Waals surface area contributed by atoms with Gasteiger partial charge in [-0.25, -0.2) is 9.59 Å². The van der Waals surface area contributed by atoms with Gasteiger partial charge in [0.15, 0.2) is 11.5 Å². The van der Waals surface area contributed by atoms with E-state index in [1.807, 2.05) is 0 Å². The van der Waals surface area contributed by atoms with E-state index < -0.39 is 23.1 Å². The Kier molecular flexibility index (Phi) is 6.19. The molecule has 31 heavy (non-hydrogen) atoms. The van der Waals surface area contributed by atoms with Gasteiger partial charge in [0.2, 0.25) is 5.75 Å². The van der Waals surface area contributed by atoms with Crippen LogP contribution in [0.5, 0.6) is 17.2 Å². The minimum absolute atomic E-state index is 0.00751. The van der Waals surface area contributed by atoms with Crippen LogP contribution in [0.1, 0.15) is 24.0 Å². The second-order valence-electron chi connectivity index (χ2n) is 6.64. The highest BCUT2D eigenvalue weighted by Gasteiger charge is 2.37. The highest BCUT2D eigenvalue weighted by molar-refractivity contribution is 5.94. The van der Waals surface area contributed by atoms with Gasteiger partial charge in [-0.05, 0) is 24.6 Å². The van der Waals surface area contributed by atoms with Gasteiger partial charge >= 0.3 is 11.7 Å². The molecule has 0 radical (unpaired) electrons. The molecule has 3 rings (SSSR count). The zero-order chi connectivity index (χ0) is 22.7. The molecule has 0 spiro atoms. The monoisotopic (exact) mass is 429 g/mol. The molecule has 0 bridgehead atoms. The number of fused-ring (bicyclic) bond motifs is 1. The molecular weight excluding hydrogens is 406 g/mol. The predicted octanol–water partition coefficient (Wildman–Crippen LogP) is 1.65. The van der Waals surface area contributed by atoms with Crippen LogP contribution < -0.4 is 30.8 Å². The number of rotatable bonds is 7. The Morgan fingerprint density at radius 3 is 2.29 bits per heavy atom. The summed E-state index contributed by atoms with van der Waals surface area (Å²) >= 11 is 0. The number of hydrogen-bond donors (Lipinski definition) is 3. The molecule has 164 valence electrons. The molecule has 0 aliphatic carbocycles. The number of aromatic amines is 2. The Labute approximate surface area is 177 Å². The topological polar surface area (TPSA) is 132 Å². The Bertz CT molecular complexity index is 1150. The first-order chi connectivity index (χ1) is 14.9. The summed E-state index contributed by atoms with van der Waals surface area (Å²) in [4.78, 5) is 42.3. The summed E-state index contributed by atoms with van der Waals surface area (Å²) in [6.45, 7) is 5.19. The van der Waals surface area contributed by atoms with Crippen molar-refractivity contribution in [3.8, 4) is 17.2 Å². The Morgan fingerprint density at radius 2 is 1.74 bits per heavy atom. The molecule has 1 aromatic carbocycles. The van der Waals surface area contributed by atoms with Crippen LogP contribution in [0.15, 0.2) is 45.6 Å². The number of aromatic nitrogens is 2. The maximum Gasteiger partial charge on any atom is 0.337 e. The lowest BCUT2D eigenvalue weighted by Gasteiger charge is -2.29. The van der Waals surface area contributed by atoms with Crippen molar-refractivity contribution in [3.63, 3.8) is 0 Å².